The lowest BCUT2D eigenvalue weighted by molar-refractivity contribution is -0.384. The van der Waals surface area contributed by atoms with E-state index in [2.05, 4.69) is 21.2 Å². The van der Waals surface area contributed by atoms with E-state index in [1.807, 2.05) is 0 Å². The van der Waals surface area contributed by atoms with Crippen molar-refractivity contribution in [3.05, 3.63) is 67.9 Å². The van der Waals surface area contributed by atoms with Gasteiger partial charge in [-0.3, -0.25) is 10.1 Å². The fourth-order valence-electron chi connectivity index (χ4n) is 1.79. The largest absolute Gasteiger partial charge is 0.375 e. The Morgan fingerprint density at radius 1 is 1.30 bits per heavy atom. The Bertz CT molecular complexity index is 662. The number of aryl methyl sites for hydroxylation is 1. The first-order valence-electron chi connectivity index (χ1n) is 5.90. The zero-order valence-corrected chi connectivity index (χ0v) is 12.3. The van der Waals surface area contributed by atoms with Crippen molar-refractivity contribution in [2.24, 2.45) is 0 Å². The lowest BCUT2D eigenvalue weighted by Crippen LogP contribution is -2.03. The van der Waals surface area contributed by atoms with Crippen LogP contribution in [0.5, 0.6) is 0 Å². The van der Waals surface area contributed by atoms with E-state index in [1.165, 1.54) is 12.1 Å². The van der Waals surface area contributed by atoms with E-state index >= 15 is 0 Å². The number of halogens is 2. The number of nitrogens with one attached hydrogen (secondary N) is 1. The second kappa shape index (κ2) is 6.00. The van der Waals surface area contributed by atoms with Gasteiger partial charge in [-0.05, 0) is 52.2 Å². The summed E-state index contributed by atoms with van der Waals surface area (Å²) in [4.78, 5) is 10.6. The monoisotopic (exact) mass is 338 g/mol. The van der Waals surface area contributed by atoms with Gasteiger partial charge >= 0.3 is 0 Å². The van der Waals surface area contributed by atoms with Gasteiger partial charge in [0.1, 0.15) is 11.5 Å². The van der Waals surface area contributed by atoms with Gasteiger partial charge in [0, 0.05) is 12.6 Å². The first-order chi connectivity index (χ1) is 9.47. The number of nitrogens with zero attached hydrogens (tertiary/aromatic N) is 1. The van der Waals surface area contributed by atoms with Crippen LogP contribution in [0.25, 0.3) is 0 Å². The van der Waals surface area contributed by atoms with Gasteiger partial charge < -0.3 is 5.32 Å². The van der Waals surface area contributed by atoms with Gasteiger partial charge in [0.05, 0.1) is 9.40 Å². The molecule has 2 aromatic rings. The summed E-state index contributed by atoms with van der Waals surface area (Å²) in [6.45, 7) is 2.18. The van der Waals surface area contributed by atoms with E-state index in [9.17, 15) is 14.5 Å². The predicted molar refractivity (Wildman–Crippen MR) is 79.3 cm³/mol. The maximum absolute atomic E-state index is 13.1. The molecule has 104 valence electrons. The lowest BCUT2D eigenvalue weighted by atomic mass is 10.1. The number of anilines is 1. The number of rotatable bonds is 4. The molecule has 0 aliphatic carbocycles. The molecular formula is C14H12BrFN2O2. The number of hydrogen-bond donors (Lipinski definition) is 1. The number of hydrogen-bond acceptors (Lipinski definition) is 3. The van der Waals surface area contributed by atoms with Gasteiger partial charge in [-0.1, -0.05) is 12.1 Å². The van der Waals surface area contributed by atoms with Crippen LogP contribution in [-0.2, 0) is 6.54 Å². The zero-order valence-electron chi connectivity index (χ0n) is 10.7. The Balaban J connectivity index is 2.18. The number of nitro groups is 1. The summed E-state index contributed by atoms with van der Waals surface area (Å²) in [5.41, 5.74) is 2.13. The molecule has 0 fully saturated rings. The molecule has 0 aromatic heterocycles. The van der Waals surface area contributed by atoms with E-state index < -0.39 is 4.92 Å². The van der Waals surface area contributed by atoms with Crippen LogP contribution in [0.1, 0.15) is 11.1 Å². The van der Waals surface area contributed by atoms with Crippen LogP contribution in [0.3, 0.4) is 0 Å². The van der Waals surface area contributed by atoms with Crippen molar-refractivity contribution in [2.45, 2.75) is 13.5 Å². The average Bonchev–Trinajstić information content (AvgIpc) is 2.41. The fourth-order valence-corrected chi connectivity index (χ4v) is 2.22. The SMILES string of the molecule is Cc1ccc(NCc2ccc(F)c(Br)c2)c([N+](=O)[O-])c1. The van der Waals surface area contributed by atoms with Crippen LogP contribution >= 0.6 is 15.9 Å². The summed E-state index contributed by atoms with van der Waals surface area (Å²) in [6, 6.07) is 9.62. The van der Waals surface area contributed by atoms with E-state index in [4.69, 9.17) is 0 Å². The van der Waals surface area contributed by atoms with Crippen molar-refractivity contribution >= 4 is 27.3 Å². The Kier molecular flexibility index (Phi) is 4.34. The lowest BCUT2D eigenvalue weighted by Gasteiger charge is -2.08. The second-order valence-electron chi connectivity index (χ2n) is 4.38. The summed E-state index contributed by atoms with van der Waals surface area (Å²) in [5.74, 6) is -0.338. The third kappa shape index (κ3) is 3.33. The van der Waals surface area contributed by atoms with Crippen LogP contribution in [0.2, 0.25) is 0 Å². The topological polar surface area (TPSA) is 55.2 Å². The molecule has 2 rings (SSSR count). The van der Waals surface area contributed by atoms with Crippen LogP contribution in [0.4, 0.5) is 15.8 Å². The summed E-state index contributed by atoms with van der Waals surface area (Å²) >= 11 is 3.11. The minimum atomic E-state index is -0.421. The minimum absolute atomic E-state index is 0.0335. The zero-order chi connectivity index (χ0) is 14.7. The smallest absolute Gasteiger partial charge is 0.292 e. The summed E-state index contributed by atoms with van der Waals surface area (Å²) in [7, 11) is 0. The normalized spacial score (nSPS) is 10.3. The third-order valence-electron chi connectivity index (χ3n) is 2.82. The molecule has 0 spiro atoms. The first kappa shape index (κ1) is 14.5. The van der Waals surface area contributed by atoms with Crippen LogP contribution < -0.4 is 5.32 Å². The van der Waals surface area contributed by atoms with Gasteiger partial charge in [0.2, 0.25) is 0 Å². The van der Waals surface area contributed by atoms with Gasteiger partial charge in [-0.2, -0.15) is 0 Å². The Labute approximate surface area is 123 Å². The van der Waals surface area contributed by atoms with Gasteiger partial charge in [0.15, 0.2) is 0 Å². The second-order valence-corrected chi connectivity index (χ2v) is 5.23. The molecule has 0 heterocycles. The van der Waals surface area contributed by atoms with E-state index in [1.54, 1.807) is 31.2 Å². The number of nitro benzene ring substituents is 1. The molecule has 6 heteroatoms. The molecular weight excluding hydrogens is 327 g/mol. The number of benzene rings is 2. The molecule has 0 bridgehead atoms. The van der Waals surface area contributed by atoms with Gasteiger partial charge in [0.25, 0.3) is 5.69 Å². The maximum Gasteiger partial charge on any atom is 0.292 e. The van der Waals surface area contributed by atoms with E-state index in [0.29, 0.717) is 16.7 Å². The highest BCUT2D eigenvalue weighted by molar-refractivity contribution is 9.10. The molecule has 0 unspecified atom stereocenters. The van der Waals surface area contributed by atoms with Crippen molar-refractivity contribution in [3.8, 4) is 0 Å². The first-order valence-corrected chi connectivity index (χ1v) is 6.69. The van der Waals surface area contributed by atoms with Crippen molar-refractivity contribution in [1.29, 1.82) is 0 Å². The average molecular weight is 339 g/mol. The van der Waals surface area contributed by atoms with Crippen molar-refractivity contribution in [1.82, 2.24) is 0 Å². The molecule has 0 aliphatic rings. The summed E-state index contributed by atoms with van der Waals surface area (Å²) in [6.07, 6.45) is 0. The molecule has 20 heavy (non-hydrogen) atoms. The Morgan fingerprint density at radius 2 is 2.05 bits per heavy atom. The molecule has 4 nitrogen and oxygen atoms in total. The Hall–Kier alpha value is -1.95. The molecule has 0 atom stereocenters. The van der Waals surface area contributed by atoms with Crippen molar-refractivity contribution < 1.29 is 9.31 Å². The molecule has 0 aliphatic heterocycles. The molecule has 0 saturated heterocycles. The highest BCUT2D eigenvalue weighted by atomic mass is 79.9. The maximum atomic E-state index is 13.1. The summed E-state index contributed by atoms with van der Waals surface area (Å²) < 4.78 is 13.5. The van der Waals surface area contributed by atoms with Gasteiger partial charge in [-0.15, -0.1) is 0 Å². The van der Waals surface area contributed by atoms with Gasteiger partial charge in [-0.25, -0.2) is 4.39 Å². The van der Waals surface area contributed by atoms with Crippen molar-refractivity contribution in [3.63, 3.8) is 0 Å². The Morgan fingerprint density at radius 3 is 2.70 bits per heavy atom. The van der Waals surface area contributed by atoms with Crippen LogP contribution in [-0.4, -0.2) is 4.92 Å². The van der Waals surface area contributed by atoms with Crippen LogP contribution in [0.15, 0.2) is 40.9 Å². The molecule has 0 radical (unpaired) electrons. The standard InChI is InChI=1S/C14H12BrFN2O2/c1-9-2-5-13(14(6-9)18(19)20)17-8-10-3-4-12(16)11(15)7-10/h2-7,17H,8H2,1H3. The van der Waals surface area contributed by atoms with E-state index in [0.717, 1.165) is 11.1 Å². The molecule has 2 aromatic carbocycles. The third-order valence-corrected chi connectivity index (χ3v) is 3.42. The predicted octanol–water partition coefficient (Wildman–Crippen LogP) is 4.42. The van der Waals surface area contributed by atoms with Crippen LogP contribution in [0, 0.1) is 22.9 Å². The molecule has 1 N–H and O–H groups in total. The summed E-state index contributed by atoms with van der Waals surface area (Å²) in [5, 5.41) is 14.0. The van der Waals surface area contributed by atoms with Crippen molar-refractivity contribution in [2.75, 3.05) is 5.32 Å². The van der Waals surface area contributed by atoms with E-state index in [-0.39, 0.29) is 11.5 Å². The highest BCUT2D eigenvalue weighted by Gasteiger charge is 2.13. The minimum Gasteiger partial charge on any atom is -0.375 e. The highest BCUT2D eigenvalue weighted by Crippen LogP contribution is 2.26. The molecule has 0 amide bonds. The molecule has 0 saturated carbocycles. The fraction of sp³-hybridized carbons (Fsp3) is 0.143. The quantitative estimate of drug-likeness (QED) is 0.663.